The molecule has 0 spiro atoms. The third-order valence-electron chi connectivity index (χ3n) is 5.58. The Hall–Kier alpha value is -2.79. The van der Waals surface area contributed by atoms with Gasteiger partial charge in [0.1, 0.15) is 12.0 Å². The van der Waals surface area contributed by atoms with Gasteiger partial charge < -0.3 is 19.4 Å². The van der Waals surface area contributed by atoms with Crippen molar-refractivity contribution in [3.8, 4) is 5.75 Å². The maximum atomic E-state index is 11.4. The molecular formula is C24H27ClN2O3. The number of ether oxygens (including phenoxy) is 1. The molecule has 0 fully saturated rings. The molecule has 1 N–H and O–H groups in total. The topological polar surface area (TPSA) is 60.3 Å². The smallest absolute Gasteiger partial charge is 0.207 e. The van der Waals surface area contributed by atoms with Gasteiger partial charge in [-0.3, -0.25) is 4.79 Å². The summed E-state index contributed by atoms with van der Waals surface area (Å²) >= 11 is 6.38. The van der Waals surface area contributed by atoms with E-state index in [-0.39, 0.29) is 0 Å². The molecule has 2 aromatic carbocycles. The van der Waals surface area contributed by atoms with Crippen LogP contribution in [-0.4, -0.2) is 24.4 Å². The third kappa shape index (κ3) is 4.21. The zero-order valence-electron chi connectivity index (χ0n) is 17.6. The van der Waals surface area contributed by atoms with Crippen molar-refractivity contribution in [3.05, 3.63) is 63.3 Å². The second-order valence-corrected chi connectivity index (χ2v) is 7.71. The fraction of sp³-hybridized carbons (Fsp3) is 0.333. The molecule has 0 saturated heterocycles. The van der Waals surface area contributed by atoms with Gasteiger partial charge in [0.15, 0.2) is 0 Å². The number of hydrogen-bond donors (Lipinski definition) is 1. The molecule has 0 bridgehead atoms. The molecule has 0 unspecified atom stereocenters. The van der Waals surface area contributed by atoms with Crippen LogP contribution in [0.3, 0.4) is 0 Å². The van der Waals surface area contributed by atoms with Crippen molar-refractivity contribution in [1.29, 1.82) is 0 Å². The van der Waals surface area contributed by atoms with E-state index in [0.717, 1.165) is 64.6 Å². The van der Waals surface area contributed by atoms with Crippen molar-refractivity contribution in [2.45, 2.75) is 46.2 Å². The Bertz CT molecular complexity index is 1070. The average Bonchev–Trinajstić information content (AvgIpc) is 3.03. The van der Waals surface area contributed by atoms with Gasteiger partial charge in [0.2, 0.25) is 6.41 Å². The number of aryl methyl sites for hydroxylation is 2. The van der Waals surface area contributed by atoms with E-state index in [1.165, 1.54) is 5.56 Å². The highest BCUT2D eigenvalue weighted by Gasteiger charge is 2.19. The molecule has 1 amide bonds. The van der Waals surface area contributed by atoms with E-state index in [9.17, 15) is 9.59 Å². The molecule has 0 atom stereocenters. The van der Waals surface area contributed by atoms with Gasteiger partial charge in [-0.1, -0.05) is 30.7 Å². The summed E-state index contributed by atoms with van der Waals surface area (Å²) in [6, 6.07) is 9.82. The van der Waals surface area contributed by atoms with Crippen molar-refractivity contribution in [3.63, 3.8) is 0 Å². The lowest BCUT2D eigenvalue weighted by atomic mass is 9.96. The molecule has 158 valence electrons. The number of benzene rings is 2. The quantitative estimate of drug-likeness (QED) is 0.488. The van der Waals surface area contributed by atoms with Gasteiger partial charge in [0.25, 0.3) is 0 Å². The van der Waals surface area contributed by atoms with Gasteiger partial charge in [-0.2, -0.15) is 0 Å². The minimum absolute atomic E-state index is 0.325. The standard InChI is InChI=1S/C24H27ClN2O3/c1-4-22-20(21-13-18(25)12-16(2)24(21)27(22)10-11-28)9-8-19-17(14-26-15-29)6-5-7-23(19)30-3/h5-7,11-13,15H,4,8-10,14H2,1-3H3,(H,26,29). The summed E-state index contributed by atoms with van der Waals surface area (Å²) in [6.45, 7) is 4.92. The van der Waals surface area contributed by atoms with Crippen LogP contribution in [0.15, 0.2) is 30.3 Å². The number of amides is 1. The number of carbonyl (C=O) groups is 2. The number of nitrogens with zero attached hydrogens (tertiary/aromatic N) is 1. The summed E-state index contributed by atoms with van der Waals surface area (Å²) in [5, 5.41) is 4.54. The van der Waals surface area contributed by atoms with Crippen LogP contribution in [0.2, 0.25) is 5.02 Å². The van der Waals surface area contributed by atoms with Crippen molar-refractivity contribution in [2.24, 2.45) is 0 Å². The van der Waals surface area contributed by atoms with Gasteiger partial charge in [-0.15, -0.1) is 0 Å². The van der Waals surface area contributed by atoms with Crippen molar-refractivity contribution < 1.29 is 14.3 Å². The first kappa shape index (κ1) is 21.9. The molecule has 5 nitrogen and oxygen atoms in total. The van der Waals surface area contributed by atoms with E-state index in [2.05, 4.69) is 16.8 Å². The monoisotopic (exact) mass is 426 g/mol. The van der Waals surface area contributed by atoms with Gasteiger partial charge >= 0.3 is 0 Å². The van der Waals surface area contributed by atoms with Crippen LogP contribution in [-0.2, 0) is 41.9 Å². The lowest BCUT2D eigenvalue weighted by Crippen LogP contribution is -2.13. The highest BCUT2D eigenvalue weighted by atomic mass is 35.5. The average molecular weight is 427 g/mol. The molecule has 0 aliphatic rings. The van der Waals surface area contributed by atoms with Crippen molar-refractivity contribution in [1.82, 2.24) is 9.88 Å². The molecule has 1 aromatic heterocycles. The number of rotatable bonds is 10. The summed E-state index contributed by atoms with van der Waals surface area (Å²) in [7, 11) is 1.66. The summed E-state index contributed by atoms with van der Waals surface area (Å²) < 4.78 is 7.70. The normalized spacial score (nSPS) is 10.9. The fourth-order valence-electron chi connectivity index (χ4n) is 4.39. The number of aldehydes is 1. The number of halogens is 1. The molecule has 6 heteroatoms. The zero-order valence-corrected chi connectivity index (χ0v) is 18.4. The zero-order chi connectivity index (χ0) is 21.7. The Morgan fingerprint density at radius 2 is 1.93 bits per heavy atom. The number of hydrogen-bond acceptors (Lipinski definition) is 3. The first-order valence-corrected chi connectivity index (χ1v) is 10.5. The number of nitrogens with one attached hydrogen (secondary N) is 1. The number of aromatic nitrogens is 1. The molecule has 0 aliphatic carbocycles. The molecule has 0 aliphatic heterocycles. The van der Waals surface area contributed by atoms with Gasteiger partial charge in [0, 0.05) is 22.6 Å². The number of fused-ring (bicyclic) bond motifs is 1. The minimum atomic E-state index is 0.325. The lowest BCUT2D eigenvalue weighted by molar-refractivity contribution is -0.110. The van der Waals surface area contributed by atoms with E-state index in [1.807, 2.05) is 37.3 Å². The highest BCUT2D eigenvalue weighted by Crippen LogP contribution is 2.34. The van der Waals surface area contributed by atoms with E-state index in [1.54, 1.807) is 7.11 Å². The summed E-state index contributed by atoms with van der Waals surface area (Å²) in [5.41, 5.74) is 6.61. The first-order valence-electron chi connectivity index (χ1n) is 10.1. The Morgan fingerprint density at radius 3 is 2.60 bits per heavy atom. The fourth-order valence-corrected chi connectivity index (χ4v) is 4.66. The van der Waals surface area contributed by atoms with Crippen molar-refractivity contribution in [2.75, 3.05) is 7.11 Å². The maximum absolute atomic E-state index is 11.4. The summed E-state index contributed by atoms with van der Waals surface area (Å²) in [6.07, 6.45) is 3.99. The highest BCUT2D eigenvalue weighted by molar-refractivity contribution is 6.31. The van der Waals surface area contributed by atoms with Gasteiger partial charge in [-0.05, 0) is 66.6 Å². The predicted molar refractivity (Wildman–Crippen MR) is 120 cm³/mol. The van der Waals surface area contributed by atoms with Crippen LogP contribution in [0.4, 0.5) is 0 Å². The molecule has 0 radical (unpaired) electrons. The summed E-state index contributed by atoms with van der Waals surface area (Å²) in [5.74, 6) is 0.809. The molecule has 3 rings (SSSR count). The molecule has 0 saturated carbocycles. The van der Waals surface area contributed by atoms with E-state index in [0.29, 0.717) is 24.5 Å². The van der Waals surface area contributed by atoms with Gasteiger partial charge in [0.05, 0.1) is 19.2 Å². The maximum Gasteiger partial charge on any atom is 0.207 e. The Morgan fingerprint density at radius 1 is 1.17 bits per heavy atom. The van der Waals surface area contributed by atoms with E-state index in [4.69, 9.17) is 16.3 Å². The number of methoxy groups -OCH3 is 1. The lowest BCUT2D eigenvalue weighted by Gasteiger charge is -2.14. The number of carbonyl (C=O) groups excluding carboxylic acids is 2. The summed E-state index contributed by atoms with van der Waals surface area (Å²) in [4.78, 5) is 22.2. The molecular weight excluding hydrogens is 400 g/mol. The van der Waals surface area contributed by atoms with Crippen LogP contribution in [0.5, 0.6) is 5.75 Å². The Kier molecular flexibility index (Phi) is 7.16. The van der Waals surface area contributed by atoms with Crippen molar-refractivity contribution >= 4 is 35.2 Å². The predicted octanol–water partition coefficient (Wildman–Crippen LogP) is 4.40. The SMILES string of the molecule is CCc1c(CCc2c(CNC=O)cccc2OC)c2cc(Cl)cc(C)c2n1CC=O. The molecule has 30 heavy (non-hydrogen) atoms. The third-order valence-corrected chi connectivity index (χ3v) is 5.80. The Labute approximate surface area is 182 Å². The molecule has 3 aromatic rings. The Balaban J connectivity index is 2.09. The van der Waals surface area contributed by atoms with Crippen LogP contribution < -0.4 is 10.1 Å². The van der Waals surface area contributed by atoms with E-state index < -0.39 is 0 Å². The van der Waals surface area contributed by atoms with E-state index >= 15 is 0 Å². The van der Waals surface area contributed by atoms with Crippen LogP contribution >= 0.6 is 11.6 Å². The second-order valence-electron chi connectivity index (χ2n) is 7.27. The van der Waals surface area contributed by atoms with Crippen LogP contribution in [0, 0.1) is 6.92 Å². The van der Waals surface area contributed by atoms with Gasteiger partial charge in [-0.25, -0.2) is 0 Å². The molecule has 1 heterocycles. The second kappa shape index (κ2) is 9.81. The minimum Gasteiger partial charge on any atom is -0.496 e. The van der Waals surface area contributed by atoms with Crippen LogP contribution in [0.25, 0.3) is 10.9 Å². The van der Waals surface area contributed by atoms with Crippen LogP contribution in [0.1, 0.15) is 34.9 Å². The first-order chi connectivity index (χ1) is 14.5. The largest absolute Gasteiger partial charge is 0.496 e.